The van der Waals surface area contributed by atoms with Gasteiger partial charge in [-0.05, 0) is 60.2 Å². The molecule has 3 heterocycles. The average molecular weight is 367 g/mol. The number of tetrazole rings is 1. The number of benzene rings is 1. The number of likely N-dealkylation sites (tertiary alicyclic amines) is 1. The number of aryl methyl sites for hydroxylation is 2. The highest BCUT2D eigenvalue weighted by atomic mass is 32.1. The predicted molar refractivity (Wildman–Crippen MR) is 100 cm³/mol. The third kappa shape index (κ3) is 2.63. The van der Waals surface area contributed by atoms with Crippen molar-refractivity contribution in [2.45, 2.75) is 45.7 Å². The molecule has 134 valence electrons. The Morgan fingerprint density at radius 1 is 1.19 bits per heavy atom. The molecular formula is C19H21N5OS. The molecule has 1 aliphatic rings. The molecule has 1 fully saturated rings. The third-order valence-electron chi connectivity index (χ3n) is 5.22. The molecule has 0 radical (unpaired) electrons. The van der Waals surface area contributed by atoms with Crippen molar-refractivity contribution < 1.29 is 4.79 Å². The molecule has 4 rings (SSSR count). The molecule has 0 bridgehead atoms. The lowest BCUT2D eigenvalue weighted by Crippen LogP contribution is -2.42. The van der Waals surface area contributed by atoms with Crippen LogP contribution in [0.3, 0.4) is 0 Å². The van der Waals surface area contributed by atoms with E-state index in [1.54, 1.807) is 11.3 Å². The zero-order chi connectivity index (χ0) is 18.3. The second kappa shape index (κ2) is 6.32. The highest BCUT2D eigenvalue weighted by Gasteiger charge is 2.47. The summed E-state index contributed by atoms with van der Waals surface area (Å²) >= 11 is 1.66. The lowest BCUT2D eigenvalue weighted by atomic mass is 9.97. The Hall–Kier alpha value is -2.54. The summed E-state index contributed by atoms with van der Waals surface area (Å²) in [5, 5.41) is 14.6. The first kappa shape index (κ1) is 16.9. The molecule has 26 heavy (non-hydrogen) atoms. The van der Waals surface area contributed by atoms with Crippen LogP contribution in [0.2, 0.25) is 0 Å². The van der Waals surface area contributed by atoms with E-state index in [2.05, 4.69) is 54.5 Å². The Morgan fingerprint density at radius 3 is 2.65 bits per heavy atom. The second-order valence-corrected chi connectivity index (χ2v) is 8.02. The van der Waals surface area contributed by atoms with Gasteiger partial charge in [-0.3, -0.25) is 4.79 Å². The second-order valence-electron chi connectivity index (χ2n) is 6.99. The van der Waals surface area contributed by atoms with Crippen molar-refractivity contribution in [1.82, 2.24) is 25.1 Å². The number of carbonyl (C=O) groups is 1. The van der Waals surface area contributed by atoms with Crippen LogP contribution in [0, 0.1) is 13.8 Å². The molecule has 0 saturated carbocycles. The van der Waals surface area contributed by atoms with Gasteiger partial charge in [0.15, 0.2) is 5.82 Å². The maximum atomic E-state index is 12.6. The highest BCUT2D eigenvalue weighted by molar-refractivity contribution is 7.09. The molecule has 6 nitrogen and oxygen atoms in total. The first-order chi connectivity index (χ1) is 12.5. The van der Waals surface area contributed by atoms with Gasteiger partial charge < -0.3 is 4.90 Å². The summed E-state index contributed by atoms with van der Waals surface area (Å²) in [6, 6.07) is 10.2. The Balaban J connectivity index is 1.80. The van der Waals surface area contributed by atoms with Crippen molar-refractivity contribution >= 4 is 17.2 Å². The lowest BCUT2D eigenvalue weighted by molar-refractivity contribution is -0.132. The molecule has 1 unspecified atom stereocenters. The van der Waals surface area contributed by atoms with Crippen molar-refractivity contribution in [2.24, 2.45) is 0 Å². The minimum atomic E-state index is -0.528. The number of thiophene rings is 1. The van der Waals surface area contributed by atoms with Gasteiger partial charge in [-0.25, -0.2) is 0 Å². The highest BCUT2D eigenvalue weighted by Crippen LogP contribution is 2.40. The van der Waals surface area contributed by atoms with Crippen molar-refractivity contribution in [2.75, 3.05) is 0 Å². The Morgan fingerprint density at radius 2 is 1.96 bits per heavy atom. The van der Waals surface area contributed by atoms with Crippen molar-refractivity contribution in [3.63, 3.8) is 0 Å². The third-order valence-corrected chi connectivity index (χ3v) is 6.08. The number of carbonyl (C=O) groups excluding carboxylic acids is 1. The zero-order valence-electron chi connectivity index (χ0n) is 15.1. The zero-order valence-corrected chi connectivity index (χ0v) is 16.0. The fourth-order valence-electron chi connectivity index (χ4n) is 3.76. The molecule has 3 aromatic rings. The van der Waals surface area contributed by atoms with Crippen LogP contribution in [0.1, 0.15) is 41.6 Å². The summed E-state index contributed by atoms with van der Waals surface area (Å²) in [5.41, 5.74) is 2.68. The molecular weight excluding hydrogens is 346 g/mol. The van der Waals surface area contributed by atoms with Crippen LogP contribution in [-0.4, -0.2) is 31.0 Å². The number of para-hydroxylation sites is 1. The smallest absolute Gasteiger partial charge is 0.223 e. The SMILES string of the molecule is Cc1cccc(C)c1-n1nnnc1C1(C)CCC(=O)N1Cc1cccs1. The van der Waals surface area contributed by atoms with Gasteiger partial charge in [0.05, 0.1) is 12.2 Å². The number of nitrogens with zero attached hydrogens (tertiary/aromatic N) is 5. The molecule has 1 amide bonds. The molecule has 0 spiro atoms. The minimum Gasteiger partial charge on any atom is -0.325 e. The normalized spacial score (nSPS) is 20.1. The fraction of sp³-hybridized carbons (Fsp3) is 0.368. The number of amides is 1. The van der Waals surface area contributed by atoms with Crippen molar-refractivity contribution in [3.8, 4) is 5.69 Å². The van der Waals surface area contributed by atoms with Crippen LogP contribution in [0.25, 0.3) is 5.69 Å². The van der Waals surface area contributed by atoms with E-state index < -0.39 is 5.54 Å². The van der Waals surface area contributed by atoms with Crippen LogP contribution in [0.15, 0.2) is 35.7 Å². The summed E-state index contributed by atoms with van der Waals surface area (Å²) in [7, 11) is 0. The number of hydrogen-bond acceptors (Lipinski definition) is 5. The van der Waals surface area contributed by atoms with E-state index in [1.807, 2.05) is 27.1 Å². The van der Waals surface area contributed by atoms with E-state index in [1.165, 1.54) is 0 Å². The maximum Gasteiger partial charge on any atom is 0.223 e. The molecule has 1 aromatic carbocycles. The van der Waals surface area contributed by atoms with Gasteiger partial charge in [0.2, 0.25) is 5.91 Å². The van der Waals surface area contributed by atoms with Gasteiger partial charge in [0.1, 0.15) is 5.54 Å². The number of hydrogen-bond donors (Lipinski definition) is 0. The van der Waals surface area contributed by atoms with E-state index in [0.29, 0.717) is 19.4 Å². The molecule has 2 aromatic heterocycles. The molecule has 7 heteroatoms. The lowest BCUT2D eigenvalue weighted by Gasteiger charge is -2.34. The van der Waals surface area contributed by atoms with E-state index >= 15 is 0 Å². The molecule has 0 N–H and O–H groups in total. The molecule has 0 aliphatic carbocycles. The van der Waals surface area contributed by atoms with Crippen molar-refractivity contribution in [1.29, 1.82) is 0 Å². The molecule has 1 atom stereocenters. The van der Waals surface area contributed by atoms with E-state index in [4.69, 9.17) is 0 Å². The topological polar surface area (TPSA) is 63.9 Å². The Labute approximate surface area is 156 Å². The van der Waals surface area contributed by atoms with E-state index in [0.717, 1.165) is 27.5 Å². The van der Waals surface area contributed by atoms with Gasteiger partial charge in [0.25, 0.3) is 0 Å². The van der Waals surface area contributed by atoms with Crippen LogP contribution in [0.4, 0.5) is 0 Å². The Kier molecular flexibility index (Phi) is 4.11. The minimum absolute atomic E-state index is 0.150. The first-order valence-electron chi connectivity index (χ1n) is 8.69. The summed E-state index contributed by atoms with van der Waals surface area (Å²) in [5.74, 6) is 0.870. The van der Waals surface area contributed by atoms with E-state index in [-0.39, 0.29) is 5.91 Å². The first-order valence-corrected chi connectivity index (χ1v) is 9.57. The van der Waals surface area contributed by atoms with Crippen molar-refractivity contribution in [3.05, 3.63) is 57.5 Å². The number of aromatic nitrogens is 4. The predicted octanol–water partition coefficient (Wildman–Crippen LogP) is 3.38. The number of rotatable bonds is 4. The van der Waals surface area contributed by atoms with Crippen LogP contribution in [-0.2, 0) is 16.9 Å². The molecule has 1 aliphatic heterocycles. The monoisotopic (exact) mass is 367 g/mol. The fourth-order valence-corrected chi connectivity index (χ4v) is 4.46. The summed E-state index contributed by atoms with van der Waals surface area (Å²) in [6.07, 6.45) is 1.23. The largest absolute Gasteiger partial charge is 0.325 e. The summed E-state index contributed by atoms with van der Waals surface area (Å²) < 4.78 is 1.81. The standard InChI is InChI=1S/C19H21N5OS/c1-13-6-4-7-14(2)17(13)24-18(20-21-22-24)19(3)10-9-16(25)23(19)12-15-8-5-11-26-15/h4-8,11H,9-10,12H2,1-3H3. The van der Waals surface area contributed by atoms with Gasteiger partial charge in [-0.1, -0.05) is 24.3 Å². The van der Waals surface area contributed by atoms with Crippen LogP contribution in [0.5, 0.6) is 0 Å². The maximum absolute atomic E-state index is 12.6. The van der Waals surface area contributed by atoms with Crippen LogP contribution >= 0.6 is 11.3 Å². The van der Waals surface area contributed by atoms with E-state index in [9.17, 15) is 4.79 Å². The van der Waals surface area contributed by atoms with Crippen LogP contribution < -0.4 is 0 Å². The quantitative estimate of drug-likeness (QED) is 0.709. The molecule has 1 saturated heterocycles. The van der Waals surface area contributed by atoms with Gasteiger partial charge in [-0.15, -0.1) is 16.4 Å². The van der Waals surface area contributed by atoms with Gasteiger partial charge in [0, 0.05) is 11.3 Å². The summed E-state index contributed by atoms with van der Waals surface area (Å²) in [4.78, 5) is 15.7. The van der Waals surface area contributed by atoms with Gasteiger partial charge in [-0.2, -0.15) is 4.68 Å². The Bertz CT molecular complexity index is 929. The average Bonchev–Trinajstić information content (AvgIpc) is 3.33. The van der Waals surface area contributed by atoms with Gasteiger partial charge >= 0.3 is 0 Å². The summed E-state index contributed by atoms with van der Waals surface area (Å²) in [6.45, 7) is 6.77.